The molecule has 2 heterocycles. The van der Waals surface area contributed by atoms with Crippen molar-refractivity contribution >= 4 is 28.3 Å². The van der Waals surface area contributed by atoms with Crippen molar-refractivity contribution in [2.75, 3.05) is 31.7 Å². The number of methoxy groups -OCH3 is 1. The van der Waals surface area contributed by atoms with Gasteiger partial charge in [-0.15, -0.1) is 0 Å². The first-order chi connectivity index (χ1) is 13.3. The summed E-state index contributed by atoms with van der Waals surface area (Å²) in [7, 11) is 1.71. The largest absolute Gasteiger partial charge is 0.380 e. The van der Waals surface area contributed by atoms with E-state index >= 15 is 0 Å². The molecule has 1 unspecified atom stereocenters. The van der Waals surface area contributed by atoms with E-state index in [1.54, 1.807) is 7.11 Å². The first-order valence-electron chi connectivity index (χ1n) is 10.1. The highest BCUT2D eigenvalue weighted by Gasteiger charge is 2.32. The number of benzene rings is 2. The lowest BCUT2D eigenvalue weighted by Crippen LogP contribution is -2.46. The second-order valence-corrected chi connectivity index (χ2v) is 9.01. The van der Waals surface area contributed by atoms with Gasteiger partial charge in [0.25, 0.3) is 0 Å². The molecule has 144 valence electrons. The van der Waals surface area contributed by atoms with Crippen LogP contribution in [0.5, 0.6) is 0 Å². The number of ether oxygens (including phenoxy) is 1. The van der Waals surface area contributed by atoms with Crippen LogP contribution in [0.3, 0.4) is 0 Å². The minimum atomic E-state index is 0.116. The highest BCUT2D eigenvalue weighted by molar-refractivity contribution is 7.99. The van der Waals surface area contributed by atoms with Gasteiger partial charge in [0, 0.05) is 31.2 Å². The van der Waals surface area contributed by atoms with Crippen LogP contribution in [-0.4, -0.2) is 48.4 Å². The van der Waals surface area contributed by atoms with E-state index in [2.05, 4.69) is 34.9 Å². The fourth-order valence-electron chi connectivity index (χ4n) is 4.69. The molecule has 0 aromatic heterocycles. The summed E-state index contributed by atoms with van der Waals surface area (Å²) in [6.45, 7) is 2.56. The molecule has 0 amide bonds. The topological polar surface area (TPSA) is 29.5 Å². The van der Waals surface area contributed by atoms with Crippen molar-refractivity contribution < 1.29 is 9.53 Å². The van der Waals surface area contributed by atoms with Crippen molar-refractivity contribution in [2.45, 2.75) is 38.3 Å². The lowest BCUT2D eigenvalue weighted by Gasteiger charge is -2.39. The van der Waals surface area contributed by atoms with E-state index in [4.69, 9.17) is 4.74 Å². The molecule has 2 saturated heterocycles. The first-order valence-corrected chi connectivity index (χ1v) is 11.3. The Morgan fingerprint density at radius 3 is 2.78 bits per heavy atom. The number of nitrogens with zero attached hydrogens (tertiary/aromatic N) is 1. The van der Waals surface area contributed by atoms with Gasteiger partial charge in [-0.25, -0.2) is 0 Å². The van der Waals surface area contributed by atoms with Crippen LogP contribution < -0.4 is 0 Å². The van der Waals surface area contributed by atoms with Crippen LogP contribution in [0.15, 0.2) is 36.4 Å². The van der Waals surface area contributed by atoms with E-state index in [-0.39, 0.29) is 5.92 Å². The molecule has 27 heavy (non-hydrogen) atoms. The van der Waals surface area contributed by atoms with Crippen molar-refractivity contribution in [3.8, 4) is 0 Å². The fraction of sp³-hybridized carbons (Fsp3) is 0.522. The minimum absolute atomic E-state index is 0.116. The Morgan fingerprint density at radius 2 is 1.96 bits per heavy atom. The summed E-state index contributed by atoms with van der Waals surface area (Å²) in [5.74, 6) is 2.96. The predicted molar refractivity (Wildman–Crippen MR) is 114 cm³/mol. The highest BCUT2D eigenvalue weighted by Crippen LogP contribution is 2.30. The molecule has 0 saturated carbocycles. The molecular formula is C23H29NO2S. The second kappa shape index (κ2) is 8.76. The minimum Gasteiger partial charge on any atom is -0.380 e. The zero-order chi connectivity index (χ0) is 18.6. The van der Waals surface area contributed by atoms with Crippen LogP contribution >= 0.6 is 11.8 Å². The summed E-state index contributed by atoms with van der Waals surface area (Å²) in [6.07, 6.45) is 4.69. The number of piperidine rings is 1. The Hall–Kier alpha value is -1.36. The Morgan fingerprint density at radius 1 is 1.15 bits per heavy atom. The normalized spacial score (nSPS) is 22.2. The molecule has 2 fully saturated rings. The molecule has 0 N–H and O–H groups in total. The fourth-order valence-corrected chi connectivity index (χ4v) is 5.77. The maximum absolute atomic E-state index is 13.5. The van der Waals surface area contributed by atoms with Gasteiger partial charge in [0.1, 0.15) is 0 Å². The first kappa shape index (κ1) is 19.0. The van der Waals surface area contributed by atoms with Gasteiger partial charge in [-0.1, -0.05) is 36.4 Å². The lowest BCUT2D eigenvalue weighted by molar-refractivity contribution is 0.0737. The smallest absolute Gasteiger partial charge is 0.167 e. The third kappa shape index (κ3) is 4.08. The molecule has 0 spiro atoms. The van der Waals surface area contributed by atoms with E-state index in [0.717, 1.165) is 42.4 Å². The number of rotatable bonds is 5. The zero-order valence-electron chi connectivity index (χ0n) is 16.2. The molecule has 4 heteroatoms. The predicted octanol–water partition coefficient (Wildman–Crippen LogP) is 4.78. The van der Waals surface area contributed by atoms with Gasteiger partial charge in [0.2, 0.25) is 0 Å². The van der Waals surface area contributed by atoms with Crippen molar-refractivity contribution in [3.63, 3.8) is 0 Å². The third-order valence-corrected chi connectivity index (χ3v) is 7.17. The summed E-state index contributed by atoms with van der Waals surface area (Å²) < 4.78 is 5.47. The average Bonchev–Trinajstić information content (AvgIpc) is 2.74. The molecule has 0 radical (unpaired) electrons. The number of hydrogen-bond acceptors (Lipinski definition) is 4. The zero-order valence-corrected chi connectivity index (χ0v) is 17.0. The number of thioether (sulfide) groups is 1. The molecular weight excluding hydrogens is 354 g/mol. The molecule has 2 aliphatic rings. The van der Waals surface area contributed by atoms with E-state index < -0.39 is 0 Å². The van der Waals surface area contributed by atoms with Gasteiger partial charge >= 0.3 is 0 Å². The van der Waals surface area contributed by atoms with Crippen molar-refractivity contribution in [2.24, 2.45) is 5.92 Å². The Bertz CT molecular complexity index is 800. The van der Waals surface area contributed by atoms with Crippen molar-refractivity contribution in [1.82, 2.24) is 4.90 Å². The van der Waals surface area contributed by atoms with E-state index in [0.29, 0.717) is 18.4 Å². The van der Waals surface area contributed by atoms with Gasteiger partial charge in [0.05, 0.1) is 6.61 Å². The van der Waals surface area contributed by atoms with Gasteiger partial charge in [-0.05, 0) is 60.1 Å². The number of Topliss-reactive ketones (excluding diaryl/α,β-unsaturated/α-hetero) is 1. The van der Waals surface area contributed by atoms with Crippen LogP contribution in [0.25, 0.3) is 10.8 Å². The molecule has 2 aromatic carbocycles. The molecule has 0 bridgehead atoms. The monoisotopic (exact) mass is 383 g/mol. The standard InChI is InChI=1S/C23H29NO2S/c1-26-16-22-20-7-3-2-5-17(20)8-9-21(22)23(25)18-6-4-12-24(15-18)19-10-13-27-14-11-19/h2-3,5,7-9,18-19H,4,6,10-16H2,1H3. The van der Waals surface area contributed by atoms with Crippen LogP contribution in [0, 0.1) is 5.92 Å². The van der Waals surface area contributed by atoms with E-state index in [1.165, 1.54) is 29.7 Å². The number of hydrogen-bond donors (Lipinski definition) is 0. The molecule has 2 aromatic rings. The Labute approximate surface area is 166 Å². The van der Waals surface area contributed by atoms with Crippen LogP contribution in [0.1, 0.15) is 41.6 Å². The Balaban J connectivity index is 1.59. The molecule has 4 rings (SSSR count). The highest BCUT2D eigenvalue weighted by atomic mass is 32.2. The van der Waals surface area contributed by atoms with Gasteiger partial charge < -0.3 is 4.74 Å². The van der Waals surface area contributed by atoms with Gasteiger partial charge in [-0.3, -0.25) is 9.69 Å². The SMILES string of the molecule is COCc1c(C(=O)C2CCCN(C3CCSCC3)C2)ccc2ccccc12. The number of fused-ring (bicyclic) bond motifs is 1. The maximum Gasteiger partial charge on any atom is 0.167 e. The number of ketones is 1. The lowest BCUT2D eigenvalue weighted by atomic mass is 9.86. The summed E-state index contributed by atoms with van der Waals surface area (Å²) in [5.41, 5.74) is 1.91. The van der Waals surface area contributed by atoms with Gasteiger partial charge in [0.15, 0.2) is 5.78 Å². The van der Waals surface area contributed by atoms with Crippen LogP contribution in [0.2, 0.25) is 0 Å². The second-order valence-electron chi connectivity index (χ2n) is 7.79. The van der Waals surface area contributed by atoms with E-state index in [1.807, 2.05) is 18.2 Å². The Kier molecular flexibility index (Phi) is 6.16. The molecule has 1 atom stereocenters. The number of carbonyl (C=O) groups excluding carboxylic acids is 1. The quantitative estimate of drug-likeness (QED) is 0.695. The summed E-state index contributed by atoms with van der Waals surface area (Å²) >= 11 is 2.07. The van der Waals surface area contributed by atoms with Crippen molar-refractivity contribution in [3.05, 3.63) is 47.5 Å². The van der Waals surface area contributed by atoms with E-state index in [9.17, 15) is 4.79 Å². The van der Waals surface area contributed by atoms with Crippen LogP contribution in [0.4, 0.5) is 0 Å². The summed E-state index contributed by atoms with van der Waals surface area (Å²) in [5, 5.41) is 2.31. The van der Waals surface area contributed by atoms with Crippen molar-refractivity contribution in [1.29, 1.82) is 0 Å². The number of likely N-dealkylation sites (tertiary alicyclic amines) is 1. The molecule has 0 aliphatic carbocycles. The summed E-state index contributed by atoms with van der Waals surface area (Å²) in [4.78, 5) is 16.1. The summed E-state index contributed by atoms with van der Waals surface area (Å²) in [6, 6.07) is 13.1. The third-order valence-electron chi connectivity index (χ3n) is 6.13. The molecule has 3 nitrogen and oxygen atoms in total. The maximum atomic E-state index is 13.5. The number of carbonyl (C=O) groups is 1. The van der Waals surface area contributed by atoms with Crippen LogP contribution in [-0.2, 0) is 11.3 Å². The molecule has 2 aliphatic heterocycles. The average molecular weight is 384 g/mol. The van der Waals surface area contributed by atoms with Gasteiger partial charge in [-0.2, -0.15) is 11.8 Å².